The van der Waals surface area contributed by atoms with Gasteiger partial charge in [0.1, 0.15) is 0 Å². The predicted octanol–water partition coefficient (Wildman–Crippen LogP) is 3.07. The van der Waals surface area contributed by atoms with Gasteiger partial charge in [0.2, 0.25) is 0 Å². The Morgan fingerprint density at radius 1 is 1.33 bits per heavy atom. The fourth-order valence-corrected chi connectivity index (χ4v) is 2.25. The van der Waals surface area contributed by atoms with Crippen LogP contribution in [0.4, 0.5) is 0 Å². The minimum Gasteiger partial charge on any atom is -0.472 e. The van der Waals surface area contributed by atoms with E-state index in [0.29, 0.717) is 5.92 Å². The third kappa shape index (κ3) is 4.88. The molecule has 1 rings (SSSR count). The van der Waals surface area contributed by atoms with Crippen LogP contribution in [0, 0.1) is 23.7 Å². The van der Waals surface area contributed by atoms with Crippen molar-refractivity contribution >= 4 is 5.97 Å². The lowest BCUT2D eigenvalue weighted by Crippen LogP contribution is -2.13. The summed E-state index contributed by atoms with van der Waals surface area (Å²) in [5.74, 6) is 5.29. The van der Waals surface area contributed by atoms with Crippen molar-refractivity contribution in [2.24, 2.45) is 11.8 Å². The molecule has 1 aliphatic rings. The van der Waals surface area contributed by atoms with Crippen LogP contribution in [0.5, 0.6) is 0 Å². The smallest absolute Gasteiger partial charge is 0.381 e. The lowest BCUT2D eigenvalue weighted by Gasteiger charge is -2.25. The maximum absolute atomic E-state index is 10.3. The van der Waals surface area contributed by atoms with Crippen molar-refractivity contribution in [2.75, 3.05) is 0 Å². The topological polar surface area (TPSA) is 37.3 Å². The zero-order valence-electron chi connectivity index (χ0n) is 9.46. The average Bonchev–Trinajstić information content (AvgIpc) is 2.25. The predicted molar refractivity (Wildman–Crippen MR) is 60.4 cm³/mol. The van der Waals surface area contributed by atoms with E-state index < -0.39 is 5.97 Å². The second-order valence-electron chi connectivity index (χ2n) is 4.43. The fourth-order valence-electron chi connectivity index (χ4n) is 2.25. The molecule has 0 spiro atoms. The molecule has 15 heavy (non-hydrogen) atoms. The number of hydrogen-bond acceptors (Lipinski definition) is 1. The molecule has 1 saturated carbocycles. The van der Waals surface area contributed by atoms with Gasteiger partial charge in [0.05, 0.1) is 0 Å². The Hall–Kier alpha value is -0.970. The molecular weight excluding hydrogens is 188 g/mol. The van der Waals surface area contributed by atoms with E-state index in [9.17, 15) is 4.79 Å². The van der Waals surface area contributed by atoms with Gasteiger partial charge in [0, 0.05) is 11.8 Å². The van der Waals surface area contributed by atoms with Crippen LogP contribution in [0.15, 0.2) is 0 Å². The quantitative estimate of drug-likeness (QED) is 0.724. The molecule has 84 valence electrons. The first-order valence-electron chi connectivity index (χ1n) is 5.96. The highest BCUT2D eigenvalue weighted by atomic mass is 16.4. The highest BCUT2D eigenvalue weighted by Gasteiger charge is 2.19. The molecule has 0 amide bonds. The number of rotatable bonds is 3. The summed E-state index contributed by atoms with van der Waals surface area (Å²) in [6.45, 7) is 2.23. The summed E-state index contributed by atoms with van der Waals surface area (Å²) in [7, 11) is 0. The summed E-state index contributed by atoms with van der Waals surface area (Å²) in [5, 5.41) is 8.44. The van der Waals surface area contributed by atoms with Gasteiger partial charge < -0.3 is 5.11 Å². The van der Waals surface area contributed by atoms with E-state index in [4.69, 9.17) is 5.11 Å². The molecule has 1 aliphatic carbocycles. The highest BCUT2D eigenvalue weighted by Crippen LogP contribution is 2.31. The molecule has 0 unspecified atom stereocenters. The maximum Gasteiger partial charge on any atom is 0.381 e. The molecule has 0 atom stereocenters. The van der Waals surface area contributed by atoms with Crippen LogP contribution < -0.4 is 0 Å². The van der Waals surface area contributed by atoms with E-state index in [0.717, 1.165) is 18.8 Å². The summed E-state index contributed by atoms with van der Waals surface area (Å²) >= 11 is 0. The van der Waals surface area contributed by atoms with Crippen molar-refractivity contribution in [1.29, 1.82) is 0 Å². The average molecular weight is 208 g/mol. The van der Waals surface area contributed by atoms with Gasteiger partial charge in [0.25, 0.3) is 0 Å². The molecule has 0 aromatic rings. The second kappa shape index (κ2) is 6.50. The number of carboxylic acid groups (broad SMARTS) is 1. The van der Waals surface area contributed by atoms with E-state index in [1.54, 1.807) is 0 Å². The van der Waals surface area contributed by atoms with Gasteiger partial charge in [-0.3, -0.25) is 0 Å². The zero-order chi connectivity index (χ0) is 11.1. The van der Waals surface area contributed by atoms with Gasteiger partial charge >= 0.3 is 5.97 Å². The van der Waals surface area contributed by atoms with Crippen molar-refractivity contribution in [2.45, 2.75) is 51.9 Å². The van der Waals surface area contributed by atoms with Crippen molar-refractivity contribution < 1.29 is 9.90 Å². The first kappa shape index (κ1) is 12.1. The molecule has 0 heterocycles. The molecule has 0 aromatic carbocycles. The summed E-state index contributed by atoms with van der Waals surface area (Å²) in [5.41, 5.74) is 0. The van der Waals surface area contributed by atoms with Gasteiger partial charge in [-0.25, -0.2) is 4.79 Å². The van der Waals surface area contributed by atoms with Crippen LogP contribution in [0.2, 0.25) is 0 Å². The zero-order valence-corrected chi connectivity index (χ0v) is 9.46. The van der Waals surface area contributed by atoms with E-state index >= 15 is 0 Å². The number of aliphatic carboxylic acids is 1. The lowest BCUT2D eigenvalue weighted by atomic mass is 9.80. The Labute approximate surface area is 92.1 Å². The minimum absolute atomic E-state index is 0.332. The van der Waals surface area contributed by atoms with Gasteiger partial charge in [0.15, 0.2) is 0 Å². The molecule has 0 saturated heterocycles. The third-order valence-corrected chi connectivity index (χ3v) is 3.20. The summed E-state index contributed by atoms with van der Waals surface area (Å²) in [4.78, 5) is 10.3. The molecule has 2 heteroatoms. The molecule has 0 aromatic heterocycles. The molecule has 0 bridgehead atoms. The molecule has 1 fully saturated rings. The van der Waals surface area contributed by atoms with Crippen molar-refractivity contribution in [3.8, 4) is 11.8 Å². The largest absolute Gasteiger partial charge is 0.472 e. The summed E-state index contributed by atoms with van der Waals surface area (Å²) in [6.07, 6.45) is 8.60. The Morgan fingerprint density at radius 3 is 2.53 bits per heavy atom. The van der Waals surface area contributed by atoms with E-state index in [-0.39, 0.29) is 0 Å². The second-order valence-corrected chi connectivity index (χ2v) is 4.43. The van der Waals surface area contributed by atoms with Crippen molar-refractivity contribution in [1.82, 2.24) is 0 Å². The molecular formula is C13H20O2. The number of unbranched alkanes of at least 4 members (excludes halogenated alkanes) is 1. The summed E-state index contributed by atoms with van der Waals surface area (Å²) < 4.78 is 0. The fraction of sp³-hybridized carbons (Fsp3) is 0.769. The van der Waals surface area contributed by atoms with E-state index in [2.05, 4.69) is 18.8 Å². The molecule has 1 N–H and O–H groups in total. The van der Waals surface area contributed by atoms with Crippen molar-refractivity contribution in [3.05, 3.63) is 0 Å². The van der Waals surface area contributed by atoms with Crippen LogP contribution in [-0.4, -0.2) is 11.1 Å². The number of hydrogen-bond donors (Lipinski definition) is 1. The SMILES string of the molecule is CCCCC1CCC(C#CC(=O)O)CC1. The molecule has 0 aliphatic heterocycles. The highest BCUT2D eigenvalue weighted by molar-refractivity contribution is 5.86. The Morgan fingerprint density at radius 2 is 2.00 bits per heavy atom. The van der Waals surface area contributed by atoms with Crippen LogP contribution in [0.25, 0.3) is 0 Å². The third-order valence-electron chi connectivity index (χ3n) is 3.20. The standard InChI is InChI=1S/C13H20O2/c1-2-3-4-11-5-7-12(8-6-11)9-10-13(14)15/h11-12H,2-8H2,1H3,(H,14,15). The van der Waals surface area contributed by atoms with Crippen LogP contribution in [-0.2, 0) is 4.79 Å². The van der Waals surface area contributed by atoms with E-state index in [1.165, 1.54) is 32.1 Å². The number of carboxylic acids is 1. The first-order chi connectivity index (χ1) is 7.22. The lowest BCUT2D eigenvalue weighted by molar-refractivity contribution is -0.130. The van der Waals surface area contributed by atoms with Gasteiger partial charge in [-0.2, -0.15) is 0 Å². The molecule has 0 radical (unpaired) electrons. The Balaban J connectivity index is 2.24. The first-order valence-corrected chi connectivity index (χ1v) is 5.96. The Bertz CT molecular complexity index is 251. The molecule has 2 nitrogen and oxygen atoms in total. The van der Waals surface area contributed by atoms with Crippen LogP contribution in [0.3, 0.4) is 0 Å². The van der Waals surface area contributed by atoms with Crippen molar-refractivity contribution in [3.63, 3.8) is 0 Å². The Kier molecular flexibility index (Phi) is 5.25. The summed E-state index contributed by atoms with van der Waals surface area (Å²) in [6, 6.07) is 0. The van der Waals surface area contributed by atoms with Crippen LogP contribution in [0.1, 0.15) is 51.9 Å². The van der Waals surface area contributed by atoms with Crippen LogP contribution >= 0.6 is 0 Å². The van der Waals surface area contributed by atoms with Gasteiger partial charge in [-0.15, -0.1) is 0 Å². The van der Waals surface area contributed by atoms with Gasteiger partial charge in [-0.1, -0.05) is 32.1 Å². The number of carbonyl (C=O) groups is 1. The van der Waals surface area contributed by atoms with Gasteiger partial charge in [-0.05, 0) is 31.6 Å². The maximum atomic E-state index is 10.3. The minimum atomic E-state index is -0.997. The monoisotopic (exact) mass is 208 g/mol. The normalized spacial score (nSPS) is 25.4. The van der Waals surface area contributed by atoms with E-state index in [1.807, 2.05) is 0 Å².